The topological polar surface area (TPSA) is 51.6 Å². The monoisotopic (exact) mass is 295 g/mol. The molecule has 0 fully saturated rings. The van der Waals surface area contributed by atoms with Crippen LogP contribution in [-0.2, 0) is 6.42 Å². The normalized spacial score (nSPS) is 11.1. The minimum atomic E-state index is 0.0421. The highest BCUT2D eigenvalue weighted by Crippen LogP contribution is 2.32. The summed E-state index contributed by atoms with van der Waals surface area (Å²) in [5.74, 6) is 1.13. The van der Waals surface area contributed by atoms with Crippen molar-refractivity contribution >= 4 is 22.5 Å². The molecule has 0 spiro atoms. The van der Waals surface area contributed by atoms with Crippen LogP contribution < -0.4 is 9.47 Å². The van der Waals surface area contributed by atoms with Crippen molar-refractivity contribution < 1.29 is 14.6 Å². The molecule has 0 aliphatic rings. The van der Waals surface area contributed by atoms with Gasteiger partial charge in [-0.1, -0.05) is 11.6 Å². The van der Waals surface area contributed by atoms with E-state index in [1.807, 2.05) is 32.0 Å². The SMILES string of the molecule is COc1nc2cc(OC(C)C)c(Cl)cc2cc1CCO. The van der Waals surface area contributed by atoms with E-state index in [1.165, 1.54) is 0 Å². The van der Waals surface area contributed by atoms with Crippen LogP contribution in [0.4, 0.5) is 0 Å². The van der Waals surface area contributed by atoms with Gasteiger partial charge in [0.2, 0.25) is 5.88 Å². The van der Waals surface area contributed by atoms with Gasteiger partial charge in [-0.2, -0.15) is 0 Å². The first-order valence-electron chi connectivity index (χ1n) is 6.49. The number of hydrogen-bond acceptors (Lipinski definition) is 4. The lowest BCUT2D eigenvalue weighted by molar-refractivity contribution is 0.243. The van der Waals surface area contributed by atoms with E-state index in [9.17, 15) is 0 Å². The van der Waals surface area contributed by atoms with Crippen molar-refractivity contribution in [2.75, 3.05) is 13.7 Å². The van der Waals surface area contributed by atoms with E-state index in [-0.39, 0.29) is 12.7 Å². The van der Waals surface area contributed by atoms with Gasteiger partial charge in [0.1, 0.15) is 5.75 Å². The molecular weight excluding hydrogens is 278 g/mol. The number of hydrogen-bond donors (Lipinski definition) is 1. The van der Waals surface area contributed by atoms with E-state index in [0.29, 0.717) is 23.1 Å². The Hall–Kier alpha value is -1.52. The molecule has 0 saturated carbocycles. The number of rotatable bonds is 5. The molecule has 0 atom stereocenters. The highest BCUT2D eigenvalue weighted by Gasteiger charge is 2.11. The fraction of sp³-hybridized carbons (Fsp3) is 0.400. The Morgan fingerprint density at radius 1 is 1.30 bits per heavy atom. The second kappa shape index (κ2) is 6.29. The summed E-state index contributed by atoms with van der Waals surface area (Å²) in [4.78, 5) is 4.45. The summed E-state index contributed by atoms with van der Waals surface area (Å²) in [6, 6.07) is 5.56. The average molecular weight is 296 g/mol. The van der Waals surface area contributed by atoms with Crippen molar-refractivity contribution in [1.82, 2.24) is 4.98 Å². The molecule has 0 bridgehead atoms. The van der Waals surface area contributed by atoms with Crippen LogP contribution >= 0.6 is 11.6 Å². The Bertz CT molecular complexity index is 614. The van der Waals surface area contributed by atoms with E-state index >= 15 is 0 Å². The van der Waals surface area contributed by atoms with Gasteiger partial charge in [-0.3, -0.25) is 0 Å². The lowest BCUT2D eigenvalue weighted by Gasteiger charge is -2.13. The summed E-state index contributed by atoms with van der Waals surface area (Å²) in [5, 5.41) is 10.5. The lowest BCUT2D eigenvalue weighted by atomic mass is 10.1. The van der Waals surface area contributed by atoms with Crippen LogP contribution in [0.3, 0.4) is 0 Å². The van der Waals surface area contributed by atoms with E-state index in [1.54, 1.807) is 7.11 Å². The van der Waals surface area contributed by atoms with Gasteiger partial charge in [0.05, 0.1) is 23.8 Å². The summed E-state index contributed by atoms with van der Waals surface area (Å²) in [6.07, 6.45) is 0.536. The molecule has 4 nitrogen and oxygen atoms in total. The van der Waals surface area contributed by atoms with Crippen LogP contribution in [0, 0.1) is 0 Å². The lowest BCUT2D eigenvalue weighted by Crippen LogP contribution is -2.06. The Morgan fingerprint density at radius 3 is 2.65 bits per heavy atom. The molecule has 0 saturated heterocycles. The maximum Gasteiger partial charge on any atom is 0.216 e. The molecule has 0 radical (unpaired) electrons. The second-order valence-electron chi connectivity index (χ2n) is 4.77. The van der Waals surface area contributed by atoms with E-state index in [4.69, 9.17) is 26.2 Å². The first kappa shape index (κ1) is 14.9. The molecule has 5 heteroatoms. The summed E-state index contributed by atoms with van der Waals surface area (Å²) < 4.78 is 10.9. The average Bonchev–Trinajstić information content (AvgIpc) is 2.39. The molecule has 0 amide bonds. The van der Waals surface area contributed by atoms with Gasteiger partial charge in [-0.05, 0) is 26.0 Å². The van der Waals surface area contributed by atoms with Gasteiger partial charge < -0.3 is 14.6 Å². The molecule has 0 aliphatic heterocycles. The highest BCUT2D eigenvalue weighted by atomic mass is 35.5. The third-order valence-corrected chi connectivity index (χ3v) is 3.14. The van der Waals surface area contributed by atoms with Gasteiger partial charge >= 0.3 is 0 Å². The fourth-order valence-corrected chi connectivity index (χ4v) is 2.24. The van der Waals surface area contributed by atoms with Crippen LogP contribution in [0.5, 0.6) is 11.6 Å². The first-order valence-corrected chi connectivity index (χ1v) is 6.87. The van der Waals surface area contributed by atoms with Crippen molar-refractivity contribution in [1.29, 1.82) is 0 Å². The molecule has 2 rings (SSSR count). The number of benzene rings is 1. The van der Waals surface area contributed by atoms with Crippen molar-refractivity contribution in [3.63, 3.8) is 0 Å². The van der Waals surface area contributed by atoms with Crippen molar-refractivity contribution in [2.24, 2.45) is 0 Å². The number of pyridine rings is 1. The molecule has 1 aromatic carbocycles. The second-order valence-corrected chi connectivity index (χ2v) is 5.18. The Morgan fingerprint density at radius 2 is 2.05 bits per heavy atom. The summed E-state index contributed by atoms with van der Waals surface area (Å²) >= 11 is 6.22. The quantitative estimate of drug-likeness (QED) is 0.920. The zero-order valence-electron chi connectivity index (χ0n) is 11.8. The maximum atomic E-state index is 9.08. The van der Waals surface area contributed by atoms with Crippen LogP contribution in [0.1, 0.15) is 19.4 Å². The number of fused-ring (bicyclic) bond motifs is 1. The largest absolute Gasteiger partial charge is 0.489 e. The van der Waals surface area contributed by atoms with E-state index in [0.717, 1.165) is 16.5 Å². The van der Waals surface area contributed by atoms with E-state index < -0.39 is 0 Å². The number of ether oxygens (including phenoxy) is 2. The molecule has 2 aromatic rings. The van der Waals surface area contributed by atoms with Crippen molar-refractivity contribution in [2.45, 2.75) is 26.4 Å². The third-order valence-electron chi connectivity index (χ3n) is 2.84. The zero-order chi connectivity index (χ0) is 14.7. The minimum absolute atomic E-state index is 0.0421. The molecule has 1 N–H and O–H groups in total. The number of aliphatic hydroxyl groups is 1. The number of methoxy groups -OCH3 is 1. The highest BCUT2D eigenvalue weighted by molar-refractivity contribution is 6.32. The molecular formula is C15H18ClNO3. The Labute approximate surface area is 123 Å². The zero-order valence-corrected chi connectivity index (χ0v) is 12.6. The van der Waals surface area contributed by atoms with Crippen LogP contribution in [0.15, 0.2) is 18.2 Å². The minimum Gasteiger partial charge on any atom is -0.489 e. The number of aromatic nitrogens is 1. The summed E-state index contributed by atoms with van der Waals surface area (Å²) in [5.41, 5.74) is 1.61. The Kier molecular flexibility index (Phi) is 4.68. The maximum absolute atomic E-state index is 9.08. The van der Waals surface area contributed by atoms with Gasteiger partial charge in [0.15, 0.2) is 0 Å². The third kappa shape index (κ3) is 3.14. The smallest absolute Gasteiger partial charge is 0.216 e. The van der Waals surface area contributed by atoms with Crippen LogP contribution in [0.2, 0.25) is 5.02 Å². The molecule has 20 heavy (non-hydrogen) atoms. The standard InChI is InChI=1S/C15H18ClNO3/c1-9(2)20-14-8-13-11(7-12(14)16)6-10(4-5-18)15(17-13)19-3/h6-9,18H,4-5H2,1-3H3. The summed E-state index contributed by atoms with van der Waals surface area (Å²) in [6.45, 7) is 3.93. The molecule has 0 aliphatic carbocycles. The number of nitrogens with zero attached hydrogens (tertiary/aromatic N) is 1. The number of halogens is 1. The van der Waals surface area contributed by atoms with Crippen LogP contribution in [-0.4, -0.2) is 29.9 Å². The van der Waals surface area contributed by atoms with Gasteiger partial charge in [-0.25, -0.2) is 4.98 Å². The van der Waals surface area contributed by atoms with Crippen molar-refractivity contribution in [3.8, 4) is 11.6 Å². The predicted molar refractivity (Wildman–Crippen MR) is 79.9 cm³/mol. The first-order chi connectivity index (χ1) is 9.55. The van der Waals surface area contributed by atoms with Crippen molar-refractivity contribution in [3.05, 3.63) is 28.8 Å². The Balaban J connectivity index is 2.54. The molecule has 108 valence electrons. The number of aliphatic hydroxyl groups excluding tert-OH is 1. The molecule has 1 aromatic heterocycles. The van der Waals surface area contributed by atoms with Gasteiger partial charge in [0.25, 0.3) is 0 Å². The molecule has 0 unspecified atom stereocenters. The fourth-order valence-electron chi connectivity index (χ4n) is 2.02. The van der Waals surface area contributed by atoms with Gasteiger partial charge in [0, 0.05) is 30.0 Å². The van der Waals surface area contributed by atoms with E-state index in [2.05, 4.69) is 4.98 Å². The van der Waals surface area contributed by atoms with Gasteiger partial charge in [-0.15, -0.1) is 0 Å². The summed E-state index contributed by atoms with van der Waals surface area (Å²) in [7, 11) is 1.57. The molecule has 1 heterocycles. The predicted octanol–water partition coefficient (Wildman–Crippen LogP) is 3.22. The van der Waals surface area contributed by atoms with Crippen LogP contribution in [0.25, 0.3) is 10.9 Å².